The van der Waals surface area contributed by atoms with E-state index in [1.165, 1.54) is 0 Å². The molecule has 0 saturated carbocycles. The summed E-state index contributed by atoms with van der Waals surface area (Å²) in [5.74, 6) is 0.169. The number of allylic oxidation sites excluding steroid dienone is 1. The molecule has 2 N–H and O–H groups in total. The molecule has 0 spiro atoms. The lowest BCUT2D eigenvalue weighted by molar-refractivity contribution is 0.401. The van der Waals surface area contributed by atoms with Crippen LogP contribution < -0.4 is 5.19 Å². The first-order chi connectivity index (χ1) is 8.28. The molecule has 1 aromatic rings. The Labute approximate surface area is 111 Å². The fourth-order valence-corrected chi connectivity index (χ4v) is 5.83. The van der Waals surface area contributed by atoms with Gasteiger partial charge in [-0.25, -0.2) is 0 Å². The Morgan fingerprint density at radius 2 is 1.56 bits per heavy atom. The third kappa shape index (κ3) is 3.03. The Balaban J connectivity index is 3.05. The van der Waals surface area contributed by atoms with Crippen LogP contribution in [0.1, 0.15) is 33.3 Å². The van der Waals surface area contributed by atoms with Gasteiger partial charge in [0.15, 0.2) is 0 Å². The molecule has 0 aromatic heterocycles. The lowest BCUT2D eigenvalue weighted by Crippen LogP contribution is -2.53. The minimum atomic E-state index is -2.43. The van der Waals surface area contributed by atoms with Crippen LogP contribution in [0.2, 0.25) is 11.1 Å². The SMILES string of the molecule is C=C(O)Cc1ccc([Si](O)(C(C)C)C(C)C)cc1. The van der Waals surface area contributed by atoms with Crippen LogP contribution in [0, 0.1) is 0 Å². The zero-order chi connectivity index (χ0) is 13.9. The van der Waals surface area contributed by atoms with Gasteiger partial charge in [-0.15, -0.1) is 0 Å². The van der Waals surface area contributed by atoms with Gasteiger partial charge in [0.2, 0.25) is 8.32 Å². The van der Waals surface area contributed by atoms with Gasteiger partial charge in [-0.3, -0.25) is 0 Å². The first-order valence-electron chi connectivity index (χ1n) is 6.47. The van der Waals surface area contributed by atoms with E-state index in [9.17, 15) is 9.90 Å². The molecule has 1 rings (SSSR count). The molecule has 0 unspecified atom stereocenters. The van der Waals surface area contributed by atoms with Crippen LogP contribution in [-0.2, 0) is 6.42 Å². The molecule has 0 bridgehead atoms. The molecule has 18 heavy (non-hydrogen) atoms. The summed E-state index contributed by atoms with van der Waals surface area (Å²) in [6, 6.07) is 7.95. The second-order valence-corrected chi connectivity index (χ2v) is 10.1. The van der Waals surface area contributed by atoms with E-state index in [1.54, 1.807) is 0 Å². The van der Waals surface area contributed by atoms with Crippen LogP contribution in [0.3, 0.4) is 0 Å². The minimum Gasteiger partial charge on any atom is -0.513 e. The van der Waals surface area contributed by atoms with Crippen LogP contribution in [0.5, 0.6) is 0 Å². The second-order valence-electron chi connectivity index (χ2n) is 5.57. The number of aliphatic hydroxyl groups is 1. The largest absolute Gasteiger partial charge is 0.513 e. The monoisotopic (exact) mass is 264 g/mol. The molecule has 0 amide bonds. The Bertz CT molecular complexity index is 399. The van der Waals surface area contributed by atoms with Crippen molar-refractivity contribution in [3.63, 3.8) is 0 Å². The molecule has 100 valence electrons. The van der Waals surface area contributed by atoms with E-state index < -0.39 is 8.32 Å². The van der Waals surface area contributed by atoms with Gasteiger partial charge >= 0.3 is 0 Å². The summed E-state index contributed by atoms with van der Waals surface area (Å²) in [6.07, 6.45) is 0.476. The van der Waals surface area contributed by atoms with Crippen LogP contribution in [0.4, 0.5) is 0 Å². The average molecular weight is 264 g/mol. The van der Waals surface area contributed by atoms with Crippen molar-refractivity contribution in [2.45, 2.75) is 45.2 Å². The third-order valence-corrected chi connectivity index (χ3v) is 8.36. The molecular formula is C15H24O2Si. The summed E-state index contributed by atoms with van der Waals surface area (Å²) >= 11 is 0. The minimum absolute atomic E-state index is 0.169. The highest BCUT2D eigenvalue weighted by Gasteiger charge is 2.40. The lowest BCUT2D eigenvalue weighted by Gasteiger charge is -2.33. The first kappa shape index (κ1) is 15.0. The Morgan fingerprint density at radius 3 is 1.89 bits per heavy atom. The first-order valence-corrected chi connectivity index (χ1v) is 8.57. The Hall–Kier alpha value is -1.06. The van der Waals surface area contributed by atoms with Crippen molar-refractivity contribution in [2.24, 2.45) is 0 Å². The predicted octanol–water partition coefficient (Wildman–Crippen LogP) is 3.27. The van der Waals surface area contributed by atoms with E-state index in [-0.39, 0.29) is 16.8 Å². The highest BCUT2D eigenvalue weighted by molar-refractivity contribution is 6.87. The molecule has 0 aliphatic carbocycles. The molecule has 3 heteroatoms. The van der Waals surface area contributed by atoms with Crippen molar-refractivity contribution < 1.29 is 9.90 Å². The normalized spacial score (nSPS) is 12.2. The summed E-state index contributed by atoms with van der Waals surface area (Å²) < 4.78 is 0. The summed E-state index contributed by atoms with van der Waals surface area (Å²) in [7, 11) is -2.43. The van der Waals surface area contributed by atoms with Crippen molar-refractivity contribution in [3.05, 3.63) is 42.2 Å². The summed E-state index contributed by atoms with van der Waals surface area (Å²) in [5.41, 5.74) is 1.60. The summed E-state index contributed by atoms with van der Waals surface area (Å²) in [5, 5.41) is 10.2. The zero-order valence-corrected chi connectivity index (χ0v) is 12.8. The molecule has 0 heterocycles. The van der Waals surface area contributed by atoms with E-state index in [2.05, 4.69) is 34.3 Å². The Kier molecular flexibility index (Phi) is 4.76. The van der Waals surface area contributed by atoms with Crippen LogP contribution >= 0.6 is 0 Å². The van der Waals surface area contributed by atoms with Gasteiger partial charge in [0, 0.05) is 6.42 Å². The summed E-state index contributed by atoms with van der Waals surface area (Å²) in [6.45, 7) is 11.9. The highest BCUT2D eigenvalue weighted by Crippen LogP contribution is 2.29. The van der Waals surface area contributed by atoms with Gasteiger partial charge in [-0.1, -0.05) is 58.5 Å². The topological polar surface area (TPSA) is 40.5 Å². The Morgan fingerprint density at radius 1 is 1.11 bits per heavy atom. The van der Waals surface area contributed by atoms with E-state index in [0.717, 1.165) is 10.8 Å². The van der Waals surface area contributed by atoms with Gasteiger partial charge in [0.25, 0.3) is 0 Å². The van der Waals surface area contributed by atoms with Crippen molar-refractivity contribution in [1.82, 2.24) is 0 Å². The van der Waals surface area contributed by atoms with Crippen LogP contribution in [0.25, 0.3) is 0 Å². The van der Waals surface area contributed by atoms with Gasteiger partial charge in [-0.05, 0) is 21.8 Å². The average Bonchev–Trinajstić information content (AvgIpc) is 2.27. The smallest absolute Gasteiger partial charge is 0.225 e. The molecule has 0 atom stereocenters. The number of aliphatic hydroxyl groups excluding tert-OH is 1. The number of hydrogen-bond acceptors (Lipinski definition) is 2. The van der Waals surface area contributed by atoms with Crippen molar-refractivity contribution in [1.29, 1.82) is 0 Å². The fraction of sp³-hybridized carbons (Fsp3) is 0.467. The van der Waals surface area contributed by atoms with E-state index >= 15 is 0 Å². The van der Waals surface area contributed by atoms with Crippen molar-refractivity contribution >= 4 is 13.5 Å². The maximum atomic E-state index is 11.0. The van der Waals surface area contributed by atoms with E-state index in [4.69, 9.17) is 0 Å². The molecule has 1 aromatic carbocycles. The van der Waals surface area contributed by atoms with Gasteiger partial charge < -0.3 is 9.90 Å². The zero-order valence-electron chi connectivity index (χ0n) is 11.8. The number of hydrogen-bond donors (Lipinski definition) is 2. The standard InChI is InChI=1S/C15H24O2Si/c1-11(2)18(17,12(3)4)15-8-6-14(7-9-15)10-13(5)16/h6-9,11-12,16-17H,5,10H2,1-4H3. The fourth-order valence-electron chi connectivity index (χ4n) is 2.46. The van der Waals surface area contributed by atoms with Gasteiger partial charge in [0.05, 0.1) is 5.76 Å². The molecule has 0 fully saturated rings. The number of rotatable bonds is 5. The van der Waals surface area contributed by atoms with Crippen molar-refractivity contribution in [3.8, 4) is 0 Å². The quantitative estimate of drug-likeness (QED) is 0.633. The predicted molar refractivity (Wildman–Crippen MR) is 79.7 cm³/mol. The molecular weight excluding hydrogens is 240 g/mol. The van der Waals surface area contributed by atoms with Crippen LogP contribution in [0.15, 0.2) is 36.6 Å². The van der Waals surface area contributed by atoms with Crippen molar-refractivity contribution in [2.75, 3.05) is 0 Å². The third-order valence-electron chi connectivity index (χ3n) is 3.58. The molecule has 0 aliphatic rings. The molecule has 0 radical (unpaired) electrons. The maximum Gasteiger partial charge on any atom is 0.225 e. The summed E-state index contributed by atoms with van der Waals surface area (Å²) in [4.78, 5) is 11.0. The number of benzene rings is 1. The maximum absolute atomic E-state index is 11.0. The van der Waals surface area contributed by atoms with Gasteiger partial charge in [-0.2, -0.15) is 0 Å². The molecule has 0 saturated heterocycles. The highest BCUT2D eigenvalue weighted by atomic mass is 28.4. The lowest BCUT2D eigenvalue weighted by atomic mass is 10.1. The molecule has 0 aliphatic heterocycles. The van der Waals surface area contributed by atoms with E-state index in [0.29, 0.717) is 6.42 Å². The second kappa shape index (κ2) is 5.72. The van der Waals surface area contributed by atoms with E-state index in [1.807, 2.05) is 24.3 Å². The molecule has 2 nitrogen and oxygen atoms in total. The van der Waals surface area contributed by atoms with Crippen LogP contribution in [-0.4, -0.2) is 18.2 Å². The van der Waals surface area contributed by atoms with Gasteiger partial charge in [0.1, 0.15) is 0 Å².